The van der Waals surface area contributed by atoms with E-state index in [4.69, 9.17) is 9.47 Å². The van der Waals surface area contributed by atoms with Crippen molar-refractivity contribution < 1.29 is 9.47 Å². The van der Waals surface area contributed by atoms with Crippen molar-refractivity contribution in [2.24, 2.45) is 0 Å². The molecular formula is C11H15O2. The summed E-state index contributed by atoms with van der Waals surface area (Å²) < 4.78 is 10.9. The Balaban J connectivity index is 2.64. The normalized spacial score (nSPS) is 10.7. The van der Waals surface area contributed by atoms with Gasteiger partial charge < -0.3 is 9.47 Å². The van der Waals surface area contributed by atoms with Crippen molar-refractivity contribution in [1.29, 1.82) is 0 Å². The van der Waals surface area contributed by atoms with Crippen molar-refractivity contribution in [2.75, 3.05) is 13.2 Å². The molecule has 13 heavy (non-hydrogen) atoms. The molecule has 2 heteroatoms. The van der Waals surface area contributed by atoms with Crippen LogP contribution in [0.2, 0.25) is 0 Å². The van der Waals surface area contributed by atoms with Gasteiger partial charge in [-0.3, -0.25) is 0 Å². The molecule has 0 spiro atoms. The first-order chi connectivity index (χ1) is 6.38. The highest BCUT2D eigenvalue weighted by molar-refractivity contribution is 5.14. The van der Waals surface area contributed by atoms with Gasteiger partial charge in [0.1, 0.15) is 0 Å². The monoisotopic (exact) mass is 179 g/mol. The zero-order valence-corrected chi connectivity index (χ0v) is 8.12. The molecule has 0 saturated heterocycles. The van der Waals surface area contributed by atoms with Crippen LogP contribution < -0.4 is 0 Å². The fourth-order valence-electron chi connectivity index (χ4n) is 1.10. The maximum Gasteiger partial charge on any atom is 0.183 e. The van der Waals surface area contributed by atoms with Gasteiger partial charge in [-0.2, -0.15) is 0 Å². The topological polar surface area (TPSA) is 18.5 Å². The van der Waals surface area contributed by atoms with Gasteiger partial charge in [-0.15, -0.1) is 0 Å². The molecule has 1 aromatic carbocycles. The average molecular weight is 179 g/mol. The molecule has 2 nitrogen and oxygen atoms in total. The lowest BCUT2D eigenvalue weighted by molar-refractivity contribution is -0.140. The van der Waals surface area contributed by atoms with E-state index < -0.39 is 0 Å². The highest BCUT2D eigenvalue weighted by Crippen LogP contribution is 2.17. The zero-order chi connectivity index (χ0) is 9.52. The highest BCUT2D eigenvalue weighted by Gasteiger charge is 2.09. The third kappa shape index (κ3) is 3.17. The van der Waals surface area contributed by atoms with E-state index in [0.717, 1.165) is 5.56 Å². The van der Waals surface area contributed by atoms with Crippen molar-refractivity contribution in [2.45, 2.75) is 20.1 Å². The summed E-state index contributed by atoms with van der Waals surface area (Å²) in [6, 6.07) is 10.7. The van der Waals surface area contributed by atoms with Crippen molar-refractivity contribution >= 4 is 0 Å². The van der Waals surface area contributed by atoms with Crippen LogP contribution in [0.3, 0.4) is 0 Å². The van der Waals surface area contributed by atoms with Gasteiger partial charge >= 0.3 is 0 Å². The van der Waals surface area contributed by atoms with Gasteiger partial charge in [-0.25, -0.2) is 0 Å². The van der Waals surface area contributed by atoms with Gasteiger partial charge in [0.05, 0.1) is 0 Å². The first-order valence-corrected chi connectivity index (χ1v) is 4.57. The lowest BCUT2D eigenvalue weighted by Crippen LogP contribution is -2.08. The molecule has 0 aliphatic rings. The Bertz CT molecular complexity index is 215. The van der Waals surface area contributed by atoms with E-state index in [2.05, 4.69) is 6.07 Å². The molecule has 1 rings (SSSR count). The molecule has 0 amide bonds. The third-order valence-corrected chi connectivity index (χ3v) is 1.64. The molecule has 0 unspecified atom stereocenters. The van der Waals surface area contributed by atoms with Gasteiger partial charge in [-0.1, -0.05) is 18.2 Å². The maximum atomic E-state index is 5.43. The Hall–Kier alpha value is -0.860. The Morgan fingerprint density at radius 2 is 2.00 bits per heavy atom. The molecule has 1 radical (unpaired) electrons. The third-order valence-electron chi connectivity index (χ3n) is 1.64. The average Bonchev–Trinajstić information content (AvgIpc) is 2.19. The minimum Gasteiger partial charge on any atom is -0.349 e. The summed E-state index contributed by atoms with van der Waals surface area (Å²) in [4.78, 5) is 0. The molecule has 0 N–H and O–H groups in total. The summed E-state index contributed by atoms with van der Waals surface area (Å²) in [7, 11) is 0. The van der Waals surface area contributed by atoms with Crippen LogP contribution in [0.15, 0.2) is 24.3 Å². The fourth-order valence-corrected chi connectivity index (χ4v) is 1.10. The van der Waals surface area contributed by atoms with E-state index in [9.17, 15) is 0 Å². The number of hydrogen-bond acceptors (Lipinski definition) is 2. The molecular weight excluding hydrogens is 164 g/mol. The van der Waals surface area contributed by atoms with E-state index >= 15 is 0 Å². The fraction of sp³-hybridized carbons (Fsp3) is 0.455. The quantitative estimate of drug-likeness (QED) is 0.647. The van der Waals surface area contributed by atoms with Crippen molar-refractivity contribution in [3.63, 3.8) is 0 Å². The lowest BCUT2D eigenvalue weighted by Gasteiger charge is -2.16. The Morgan fingerprint density at radius 3 is 2.46 bits per heavy atom. The Morgan fingerprint density at radius 1 is 1.31 bits per heavy atom. The van der Waals surface area contributed by atoms with Crippen LogP contribution >= 0.6 is 0 Å². The highest BCUT2D eigenvalue weighted by atomic mass is 16.7. The van der Waals surface area contributed by atoms with Crippen molar-refractivity contribution in [3.8, 4) is 0 Å². The van der Waals surface area contributed by atoms with Crippen LogP contribution in [0.4, 0.5) is 0 Å². The van der Waals surface area contributed by atoms with Gasteiger partial charge in [0.25, 0.3) is 0 Å². The number of ether oxygens (including phenoxy) is 2. The molecule has 0 atom stereocenters. The summed E-state index contributed by atoms with van der Waals surface area (Å²) in [5.41, 5.74) is 1.02. The van der Waals surface area contributed by atoms with E-state index in [1.54, 1.807) is 0 Å². The van der Waals surface area contributed by atoms with Gasteiger partial charge in [0, 0.05) is 18.8 Å². The maximum absolute atomic E-state index is 5.43. The van der Waals surface area contributed by atoms with Crippen molar-refractivity contribution in [1.82, 2.24) is 0 Å². The van der Waals surface area contributed by atoms with E-state index in [1.807, 2.05) is 38.1 Å². The molecule has 1 aromatic rings. The molecule has 0 aromatic heterocycles. The lowest BCUT2D eigenvalue weighted by atomic mass is 10.2. The second kappa shape index (κ2) is 5.73. The van der Waals surface area contributed by atoms with Crippen LogP contribution in [0.5, 0.6) is 0 Å². The smallest absolute Gasteiger partial charge is 0.183 e. The standard InChI is InChI=1S/C11H15O2/c1-3-12-11(13-4-2)10-8-6-5-7-9-10/h5-6,8-9,11H,3-4H2,1-2H3. The van der Waals surface area contributed by atoms with Gasteiger partial charge in [0.15, 0.2) is 6.29 Å². The summed E-state index contributed by atoms with van der Waals surface area (Å²) in [6.07, 6.45) is -0.243. The van der Waals surface area contributed by atoms with Gasteiger partial charge in [-0.05, 0) is 26.0 Å². The predicted molar refractivity (Wildman–Crippen MR) is 51.3 cm³/mol. The first-order valence-electron chi connectivity index (χ1n) is 4.57. The van der Waals surface area contributed by atoms with E-state index in [1.165, 1.54) is 0 Å². The number of benzene rings is 1. The molecule has 0 aliphatic carbocycles. The molecule has 0 saturated carbocycles. The minimum absolute atomic E-state index is 0.243. The van der Waals surface area contributed by atoms with Crippen molar-refractivity contribution in [3.05, 3.63) is 35.9 Å². The van der Waals surface area contributed by atoms with E-state index in [0.29, 0.717) is 13.2 Å². The molecule has 0 heterocycles. The van der Waals surface area contributed by atoms with Crippen LogP contribution in [0.25, 0.3) is 0 Å². The number of hydrogen-bond donors (Lipinski definition) is 0. The summed E-state index contributed by atoms with van der Waals surface area (Å²) >= 11 is 0. The van der Waals surface area contributed by atoms with Crippen LogP contribution in [-0.4, -0.2) is 13.2 Å². The second-order valence-corrected chi connectivity index (χ2v) is 2.58. The first kappa shape index (κ1) is 10.2. The zero-order valence-electron chi connectivity index (χ0n) is 8.12. The summed E-state index contributed by atoms with van der Waals surface area (Å²) in [5, 5.41) is 0. The molecule has 0 bridgehead atoms. The van der Waals surface area contributed by atoms with Gasteiger partial charge in [0.2, 0.25) is 0 Å². The van der Waals surface area contributed by atoms with Crippen LogP contribution in [-0.2, 0) is 9.47 Å². The largest absolute Gasteiger partial charge is 0.349 e. The Kier molecular flexibility index (Phi) is 4.50. The van der Waals surface area contributed by atoms with Crippen LogP contribution in [0, 0.1) is 6.07 Å². The molecule has 0 fully saturated rings. The SMILES string of the molecule is CCOC(OCC)c1c[c]ccc1. The van der Waals surface area contributed by atoms with Crippen LogP contribution in [0.1, 0.15) is 25.7 Å². The minimum atomic E-state index is -0.243. The molecule has 71 valence electrons. The molecule has 0 aliphatic heterocycles. The van der Waals surface area contributed by atoms with E-state index in [-0.39, 0.29) is 6.29 Å². The summed E-state index contributed by atoms with van der Waals surface area (Å²) in [5.74, 6) is 0. The second-order valence-electron chi connectivity index (χ2n) is 2.58. The Labute approximate surface area is 79.5 Å². The summed E-state index contributed by atoms with van der Waals surface area (Å²) in [6.45, 7) is 5.22. The predicted octanol–water partition coefficient (Wildman–Crippen LogP) is 2.56. The number of rotatable bonds is 5.